The maximum atomic E-state index is 12.9. The minimum Gasteiger partial charge on any atom is -0.481 e. The van der Waals surface area contributed by atoms with E-state index >= 15 is 0 Å². The summed E-state index contributed by atoms with van der Waals surface area (Å²) < 4.78 is 12.9. The first-order valence-corrected chi connectivity index (χ1v) is 5.53. The van der Waals surface area contributed by atoms with Crippen molar-refractivity contribution in [1.82, 2.24) is 0 Å². The monoisotopic (exact) mass is 285 g/mol. The van der Waals surface area contributed by atoms with Gasteiger partial charge in [0.2, 0.25) is 5.91 Å². The Hall–Kier alpha value is -2.55. The number of nitro benzene ring substituents is 1. The summed E-state index contributed by atoms with van der Waals surface area (Å²) in [6.45, 7) is 0. The molecule has 4 N–H and O–H groups in total. The van der Waals surface area contributed by atoms with Crippen molar-refractivity contribution in [2.75, 3.05) is 5.32 Å². The highest BCUT2D eigenvalue weighted by Crippen LogP contribution is 2.25. The lowest BCUT2D eigenvalue weighted by Crippen LogP contribution is -2.36. The molecule has 0 bridgehead atoms. The molecule has 0 heterocycles. The van der Waals surface area contributed by atoms with Crippen LogP contribution in [0.4, 0.5) is 15.8 Å². The third-order valence-electron chi connectivity index (χ3n) is 2.42. The van der Waals surface area contributed by atoms with E-state index in [0.29, 0.717) is 6.07 Å². The molecule has 1 atom stereocenters. The Morgan fingerprint density at radius 2 is 2.15 bits per heavy atom. The van der Waals surface area contributed by atoms with E-state index in [-0.39, 0.29) is 18.5 Å². The molecule has 108 valence electrons. The number of nitro groups is 1. The SMILES string of the molecule is NC(CCC(=O)O)C(=O)Nc1ccc(F)cc1[N+](=O)[O-]. The summed E-state index contributed by atoms with van der Waals surface area (Å²) in [5, 5.41) is 21.4. The van der Waals surface area contributed by atoms with Gasteiger partial charge in [0.1, 0.15) is 11.5 Å². The van der Waals surface area contributed by atoms with Crippen LogP contribution in [0.3, 0.4) is 0 Å². The summed E-state index contributed by atoms with van der Waals surface area (Å²) in [5.74, 6) is -2.70. The molecule has 0 saturated heterocycles. The van der Waals surface area contributed by atoms with Crippen LogP contribution in [-0.2, 0) is 9.59 Å². The zero-order chi connectivity index (χ0) is 15.3. The van der Waals surface area contributed by atoms with Crippen LogP contribution in [0.5, 0.6) is 0 Å². The standard InChI is InChI=1S/C11H12FN3O5/c12-6-1-3-8(9(5-6)15(19)20)14-11(18)7(13)2-4-10(16)17/h1,3,5,7H,2,4,13H2,(H,14,18)(H,16,17). The summed E-state index contributed by atoms with van der Waals surface area (Å²) in [5.41, 5.74) is 4.64. The summed E-state index contributed by atoms with van der Waals surface area (Å²) in [6.07, 6.45) is -0.420. The van der Waals surface area contributed by atoms with Crippen molar-refractivity contribution < 1.29 is 24.0 Å². The molecular weight excluding hydrogens is 273 g/mol. The van der Waals surface area contributed by atoms with Gasteiger partial charge < -0.3 is 16.2 Å². The van der Waals surface area contributed by atoms with Crippen molar-refractivity contribution in [2.45, 2.75) is 18.9 Å². The lowest BCUT2D eigenvalue weighted by atomic mass is 10.1. The van der Waals surface area contributed by atoms with Crippen LogP contribution in [0.25, 0.3) is 0 Å². The average molecular weight is 285 g/mol. The van der Waals surface area contributed by atoms with Gasteiger partial charge in [-0.05, 0) is 18.6 Å². The van der Waals surface area contributed by atoms with Crippen LogP contribution in [0, 0.1) is 15.9 Å². The Labute approximate surface area is 112 Å². The maximum absolute atomic E-state index is 12.9. The Bertz CT molecular complexity index is 549. The molecule has 0 aliphatic heterocycles. The molecule has 0 fully saturated rings. The summed E-state index contributed by atoms with van der Waals surface area (Å²) in [7, 11) is 0. The predicted molar refractivity (Wildman–Crippen MR) is 66.5 cm³/mol. The normalized spacial score (nSPS) is 11.7. The Kier molecular flexibility index (Phi) is 5.09. The Morgan fingerprint density at radius 1 is 1.50 bits per heavy atom. The highest BCUT2D eigenvalue weighted by molar-refractivity contribution is 5.96. The summed E-state index contributed by atoms with van der Waals surface area (Å²) in [6, 6.07) is 1.52. The van der Waals surface area contributed by atoms with Crippen LogP contribution < -0.4 is 11.1 Å². The van der Waals surface area contributed by atoms with Crippen LogP contribution in [0.15, 0.2) is 18.2 Å². The lowest BCUT2D eigenvalue weighted by molar-refractivity contribution is -0.384. The van der Waals surface area contributed by atoms with Gasteiger partial charge in [-0.1, -0.05) is 0 Å². The van der Waals surface area contributed by atoms with E-state index < -0.39 is 34.3 Å². The number of anilines is 1. The molecule has 9 heteroatoms. The molecule has 1 unspecified atom stereocenters. The van der Waals surface area contributed by atoms with Gasteiger partial charge in [-0.25, -0.2) is 4.39 Å². The number of rotatable bonds is 6. The fourth-order valence-electron chi connectivity index (χ4n) is 1.40. The van der Waals surface area contributed by atoms with Crippen molar-refractivity contribution in [2.24, 2.45) is 5.73 Å². The number of nitrogens with one attached hydrogen (secondary N) is 1. The van der Waals surface area contributed by atoms with E-state index in [1.165, 1.54) is 0 Å². The zero-order valence-electron chi connectivity index (χ0n) is 10.2. The summed E-state index contributed by atoms with van der Waals surface area (Å²) in [4.78, 5) is 31.9. The topological polar surface area (TPSA) is 136 Å². The van der Waals surface area contributed by atoms with E-state index in [0.717, 1.165) is 12.1 Å². The maximum Gasteiger partial charge on any atom is 0.303 e. The van der Waals surface area contributed by atoms with Crippen LogP contribution in [0.2, 0.25) is 0 Å². The highest BCUT2D eigenvalue weighted by Gasteiger charge is 2.20. The molecule has 0 aliphatic rings. The third kappa shape index (κ3) is 4.28. The van der Waals surface area contributed by atoms with Gasteiger partial charge in [-0.3, -0.25) is 19.7 Å². The number of amides is 1. The van der Waals surface area contributed by atoms with Gasteiger partial charge in [0, 0.05) is 6.42 Å². The fraction of sp³-hybridized carbons (Fsp3) is 0.273. The second-order valence-electron chi connectivity index (χ2n) is 3.95. The van der Waals surface area contributed by atoms with Crippen molar-refractivity contribution in [3.8, 4) is 0 Å². The van der Waals surface area contributed by atoms with Crippen molar-refractivity contribution in [1.29, 1.82) is 0 Å². The molecule has 0 aromatic heterocycles. The molecule has 0 aliphatic carbocycles. The van der Waals surface area contributed by atoms with Crippen LogP contribution in [-0.4, -0.2) is 27.9 Å². The zero-order valence-corrected chi connectivity index (χ0v) is 10.2. The third-order valence-corrected chi connectivity index (χ3v) is 2.42. The van der Waals surface area contributed by atoms with Gasteiger partial charge in [-0.15, -0.1) is 0 Å². The average Bonchev–Trinajstić information content (AvgIpc) is 2.37. The number of carboxylic acid groups (broad SMARTS) is 1. The van der Waals surface area contributed by atoms with E-state index in [1.807, 2.05) is 0 Å². The molecular formula is C11H12FN3O5. The highest BCUT2D eigenvalue weighted by atomic mass is 19.1. The van der Waals surface area contributed by atoms with E-state index in [9.17, 15) is 24.1 Å². The number of carbonyl (C=O) groups is 2. The van der Waals surface area contributed by atoms with E-state index in [4.69, 9.17) is 10.8 Å². The molecule has 8 nitrogen and oxygen atoms in total. The van der Waals surface area contributed by atoms with Crippen LogP contribution in [0.1, 0.15) is 12.8 Å². The fourth-order valence-corrected chi connectivity index (χ4v) is 1.40. The first-order chi connectivity index (χ1) is 9.31. The second-order valence-corrected chi connectivity index (χ2v) is 3.95. The Morgan fingerprint density at radius 3 is 2.70 bits per heavy atom. The smallest absolute Gasteiger partial charge is 0.303 e. The molecule has 1 aromatic carbocycles. The number of carbonyl (C=O) groups excluding carboxylic acids is 1. The predicted octanol–water partition coefficient (Wildman–Crippen LogP) is 0.864. The number of halogens is 1. The van der Waals surface area contributed by atoms with Crippen molar-refractivity contribution in [3.05, 3.63) is 34.1 Å². The molecule has 20 heavy (non-hydrogen) atoms. The molecule has 1 amide bonds. The molecule has 1 aromatic rings. The number of carboxylic acids is 1. The summed E-state index contributed by atoms with van der Waals surface area (Å²) >= 11 is 0. The van der Waals surface area contributed by atoms with Gasteiger partial charge in [0.15, 0.2) is 0 Å². The number of benzene rings is 1. The lowest BCUT2D eigenvalue weighted by Gasteiger charge is -2.11. The molecule has 0 saturated carbocycles. The van der Waals surface area contributed by atoms with Gasteiger partial charge in [0.05, 0.1) is 17.0 Å². The number of aliphatic carboxylic acids is 1. The van der Waals surface area contributed by atoms with E-state index in [1.54, 1.807) is 0 Å². The molecule has 0 spiro atoms. The number of hydrogen-bond donors (Lipinski definition) is 3. The van der Waals surface area contributed by atoms with Crippen molar-refractivity contribution in [3.63, 3.8) is 0 Å². The number of nitrogens with two attached hydrogens (primary N) is 1. The molecule has 1 rings (SSSR count). The second kappa shape index (κ2) is 6.57. The van der Waals surface area contributed by atoms with Gasteiger partial charge >= 0.3 is 5.97 Å². The van der Waals surface area contributed by atoms with Gasteiger partial charge in [0.25, 0.3) is 5.69 Å². The number of nitrogens with zero attached hydrogens (tertiary/aromatic N) is 1. The Balaban J connectivity index is 2.80. The van der Waals surface area contributed by atoms with Crippen molar-refractivity contribution >= 4 is 23.3 Å². The van der Waals surface area contributed by atoms with Crippen LogP contribution >= 0.6 is 0 Å². The molecule has 0 radical (unpaired) electrons. The minimum absolute atomic E-state index is 0.115. The minimum atomic E-state index is -1.13. The first kappa shape index (κ1) is 15.5. The number of hydrogen-bond acceptors (Lipinski definition) is 5. The largest absolute Gasteiger partial charge is 0.481 e. The van der Waals surface area contributed by atoms with Gasteiger partial charge in [-0.2, -0.15) is 0 Å². The van der Waals surface area contributed by atoms with E-state index in [2.05, 4.69) is 5.32 Å². The first-order valence-electron chi connectivity index (χ1n) is 5.53. The quantitative estimate of drug-likeness (QED) is 0.524.